The number of piperazine rings is 1. The number of carbonyl (C=O) groups excluding carboxylic acids is 1. The zero-order valence-corrected chi connectivity index (χ0v) is 20.4. The topological polar surface area (TPSA) is 67.3 Å². The summed E-state index contributed by atoms with van der Waals surface area (Å²) in [6, 6.07) is 5.62. The SMILES string of the molecule is CC(C)(C)OC(=O)N1CCNC(C23CC[C@@H](c4cc(-c5c(F)cccc5F)nnc42)C3(C)C)C1. The first-order valence-corrected chi connectivity index (χ1v) is 12.0. The predicted octanol–water partition coefficient (Wildman–Crippen LogP) is 4.79. The van der Waals surface area contributed by atoms with Gasteiger partial charge in [0.2, 0.25) is 0 Å². The molecule has 2 aliphatic carbocycles. The number of hydrogen-bond donors (Lipinski definition) is 1. The molecule has 3 atom stereocenters. The third-order valence-corrected chi connectivity index (χ3v) is 8.11. The molecule has 1 aliphatic heterocycles. The molecule has 1 saturated heterocycles. The maximum Gasteiger partial charge on any atom is 0.410 e. The van der Waals surface area contributed by atoms with Gasteiger partial charge in [0.05, 0.1) is 17.0 Å². The molecule has 0 spiro atoms. The van der Waals surface area contributed by atoms with E-state index in [2.05, 4.69) is 29.4 Å². The van der Waals surface area contributed by atoms with Gasteiger partial charge in [-0.2, -0.15) is 10.2 Å². The van der Waals surface area contributed by atoms with Crippen molar-refractivity contribution in [3.63, 3.8) is 0 Å². The maximum absolute atomic E-state index is 14.5. The number of hydrogen-bond acceptors (Lipinski definition) is 5. The zero-order valence-electron chi connectivity index (χ0n) is 20.4. The summed E-state index contributed by atoms with van der Waals surface area (Å²) >= 11 is 0. The molecular weight excluding hydrogens is 438 g/mol. The Morgan fingerprint density at radius 1 is 1.21 bits per heavy atom. The first kappa shape index (κ1) is 23.1. The molecular formula is C26H32F2N4O2. The molecule has 1 saturated carbocycles. The average Bonchev–Trinajstić information content (AvgIpc) is 3.14. The van der Waals surface area contributed by atoms with Crippen molar-refractivity contribution in [2.75, 3.05) is 19.6 Å². The Bertz CT molecular complexity index is 1130. The van der Waals surface area contributed by atoms with Crippen LogP contribution in [0.1, 0.15) is 64.6 Å². The van der Waals surface area contributed by atoms with Gasteiger partial charge in [-0.25, -0.2) is 13.6 Å². The zero-order chi connectivity index (χ0) is 24.5. The number of nitrogens with zero attached hydrogens (tertiary/aromatic N) is 3. The van der Waals surface area contributed by atoms with Gasteiger partial charge in [-0.05, 0) is 68.7 Å². The number of rotatable bonds is 2. The fraction of sp³-hybridized carbons (Fsp3) is 0.577. The lowest BCUT2D eigenvalue weighted by molar-refractivity contribution is 0.0110. The van der Waals surface area contributed by atoms with Gasteiger partial charge in [-0.1, -0.05) is 19.9 Å². The average molecular weight is 471 g/mol. The van der Waals surface area contributed by atoms with E-state index in [1.54, 1.807) is 4.90 Å². The summed E-state index contributed by atoms with van der Waals surface area (Å²) in [6.07, 6.45) is 1.56. The summed E-state index contributed by atoms with van der Waals surface area (Å²) in [5, 5.41) is 12.6. The molecule has 2 heterocycles. The number of nitrogens with one attached hydrogen (secondary N) is 1. The summed E-state index contributed by atoms with van der Waals surface area (Å²) in [4.78, 5) is 14.6. The molecule has 2 bridgehead atoms. The minimum atomic E-state index is -0.645. The van der Waals surface area contributed by atoms with Gasteiger partial charge in [0.25, 0.3) is 0 Å². The Kier molecular flexibility index (Phi) is 5.24. The Morgan fingerprint density at radius 2 is 1.91 bits per heavy atom. The Labute approximate surface area is 199 Å². The normalized spacial score (nSPS) is 27.6. The molecule has 2 aromatic rings. The van der Waals surface area contributed by atoms with Gasteiger partial charge >= 0.3 is 6.09 Å². The number of amides is 1. The van der Waals surface area contributed by atoms with E-state index in [1.807, 2.05) is 26.8 Å². The molecule has 0 radical (unpaired) electrons. The molecule has 182 valence electrons. The van der Waals surface area contributed by atoms with E-state index in [1.165, 1.54) is 18.2 Å². The van der Waals surface area contributed by atoms with Crippen LogP contribution in [0.15, 0.2) is 24.3 Å². The van der Waals surface area contributed by atoms with Crippen LogP contribution in [0, 0.1) is 17.0 Å². The highest BCUT2D eigenvalue weighted by atomic mass is 19.1. The van der Waals surface area contributed by atoms with Crippen molar-refractivity contribution in [3.8, 4) is 11.3 Å². The molecule has 2 unspecified atom stereocenters. The minimum absolute atomic E-state index is 0.0274. The second kappa shape index (κ2) is 7.70. The van der Waals surface area contributed by atoms with E-state index in [0.29, 0.717) is 19.6 Å². The van der Waals surface area contributed by atoms with Crippen LogP contribution in [-0.4, -0.2) is 52.5 Å². The lowest BCUT2D eigenvalue weighted by Gasteiger charge is -2.48. The molecule has 1 aromatic carbocycles. The Morgan fingerprint density at radius 3 is 2.59 bits per heavy atom. The number of carbonyl (C=O) groups is 1. The van der Waals surface area contributed by atoms with Gasteiger partial charge < -0.3 is 15.0 Å². The highest BCUT2D eigenvalue weighted by molar-refractivity contribution is 5.68. The largest absolute Gasteiger partial charge is 0.444 e. The van der Waals surface area contributed by atoms with Crippen LogP contribution in [0.4, 0.5) is 13.6 Å². The van der Waals surface area contributed by atoms with Crippen molar-refractivity contribution >= 4 is 6.09 Å². The van der Waals surface area contributed by atoms with Crippen LogP contribution in [0.5, 0.6) is 0 Å². The molecule has 3 aliphatic rings. The maximum atomic E-state index is 14.5. The molecule has 1 aromatic heterocycles. The second-order valence-corrected chi connectivity index (χ2v) is 11.3. The van der Waals surface area contributed by atoms with E-state index in [-0.39, 0.29) is 40.1 Å². The third-order valence-electron chi connectivity index (χ3n) is 8.11. The van der Waals surface area contributed by atoms with Gasteiger partial charge in [0.1, 0.15) is 17.2 Å². The smallest absolute Gasteiger partial charge is 0.410 e. The van der Waals surface area contributed by atoms with Crippen molar-refractivity contribution in [2.24, 2.45) is 5.41 Å². The van der Waals surface area contributed by atoms with Gasteiger partial charge in [-0.15, -0.1) is 0 Å². The van der Waals surface area contributed by atoms with E-state index in [4.69, 9.17) is 4.74 Å². The van der Waals surface area contributed by atoms with Crippen molar-refractivity contribution in [1.82, 2.24) is 20.4 Å². The van der Waals surface area contributed by atoms with Crippen LogP contribution in [0.25, 0.3) is 11.3 Å². The van der Waals surface area contributed by atoms with E-state index in [0.717, 1.165) is 24.1 Å². The van der Waals surface area contributed by atoms with Crippen LogP contribution in [-0.2, 0) is 10.2 Å². The van der Waals surface area contributed by atoms with Crippen molar-refractivity contribution in [2.45, 2.75) is 70.4 Å². The lowest BCUT2D eigenvalue weighted by Crippen LogP contribution is -2.63. The fourth-order valence-corrected chi connectivity index (χ4v) is 6.58. The van der Waals surface area contributed by atoms with Gasteiger partial charge in [0, 0.05) is 31.1 Å². The highest BCUT2D eigenvalue weighted by Gasteiger charge is 2.66. The minimum Gasteiger partial charge on any atom is -0.444 e. The summed E-state index contributed by atoms with van der Waals surface area (Å²) in [5.41, 5.74) is 0.923. The lowest BCUT2D eigenvalue weighted by atomic mass is 9.63. The molecule has 5 rings (SSSR count). The number of aromatic nitrogens is 2. The van der Waals surface area contributed by atoms with Crippen molar-refractivity contribution in [1.29, 1.82) is 0 Å². The van der Waals surface area contributed by atoms with Crippen LogP contribution >= 0.6 is 0 Å². The van der Waals surface area contributed by atoms with Crippen molar-refractivity contribution in [3.05, 3.63) is 47.2 Å². The van der Waals surface area contributed by atoms with Crippen LogP contribution in [0.3, 0.4) is 0 Å². The molecule has 8 heteroatoms. The second-order valence-electron chi connectivity index (χ2n) is 11.3. The van der Waals surface area contributed by atoms with Gasteiger partial charge in [-0.3, -0.25) is 0 Å². The summed E-state index contributed by atoms with van der Waals surface area (Å²) in [7, 11) is 0. The number of halogens is 2. The number of fused-ring (bicyclic) bond motifs is 5. The summed E-state index contributed by atoms with van der Waals surface area (Å²) in [5.74, 6) is -1.09. The number of benzene rings is 1. The summed E-state index contributed by atoms with van der Waals surface area (Å²) in [6.45, 7) is 11.8. The molecule has 1 N–H and O–H groups in total. The number of ether oxygens (including phenoxy) is 1. The highest BCUT2D eigenvalue weighted by Crippen LogP contribution is 2.68. The van der Waals surface area contributed by atoms with Crippen molar-refractivity contribution < 1.29 is 18.3 Å². The Hall–Kier alpha value is -2.61. The fourth-order valence-electron chi connectivity index (χ4n) is 6.58. The van der Waals surface area contributed by atoms with E-state index < -0.39 is 17.2 Å². The molecule has 34 heavy (non-hydrogen) atoms. The predicted molar refractivity (Wildman–Crippen MR) is 124 cm³/mol. The third kappa shape index (κ3) is 3.33. The van der Waals surface area contributed by atoms with Crippen LogP contribution in [0.2, 0.25) is 0 Å². The van der Waals surface area contributed by atoms with Crippen LogP contribution < -0.4 is 5.32 Å². The Balaban J connectivity index is 1.53. The quantitative estimate of drug-likeness (QED) is 0.684. The summed E-state index contributed by atoms with van der Waals surface area (Å²) < 4.78 is 34.6. The standard InChI is InChI=1S/C26H32F2N4O2/c1-24(2,3)34-23(33)32-12-11-29-20(14-32)26-10-9-16(25(26,4)5)15-13-19(30-31-22(15)26)21-17(27)7-6-8-18(21)28/h6-8,13,16,20,29H,9-12,14H2,1-5H3/t16-,20?,26?/m0/s1. The molecule has 6 nitrogen and oxygen atoms in total. The van der Waals surface area contributed by atoms with E-state index >= 15 is 0 Å². The molecule has 2 fully saturated rings. The monoisotopic (exact) mass is 470 g/mol. The van der Waals surface area contributed by atoms with Gasteiger partial charge in [0.15, 0.2) is 0 Å². The first-order chi connectivity index (χ1) is 16.0. The van der Waals surface area contributed by atoms with E-state index in [9.17, 15) is 13.6 Å². The molecule has 1 amide bonds. The first-order valence-electron chi connectivity index (χ1n) is 12.0.